The lowest BCUT2D eigenvalue weighted by atomic mass is 9.99. The van der Waals surface area contributed by atoms with Crippen molar-refractivity contribution in [3.63, 3.8) is 0 Å². The van der Waals surface area contributed by atoms with Crippen LogP contribution in [0.4, 0.5) is 0 Å². The topological polar surface area (TPSA) is 77.1 Å². The highest BCUT2D eigenvalue weighted by Gasteiger charge is 2.19. The van der Waals surface area contributed by atoms with Crippen molar-refractivity contribution in [2.24, 2.45) is 5.84 Å². The number of nitrogens with zero attached hydrogens (tertiary/aromatic N) is 1. The summed E-state index contributed by atoms with van der Waals surface area (Å²) in [6, 6.07) is 16.5. The molecular formula is C19H19N3O2. The highest BCUT2D eigenvalue weighted by atomic mass is 16.2. The molecule has 3 N–H and O–H groups in total. The lowest BCUT2D eigenvalue weighted by molar-refractivity contribution is -0.123. The molecule has 1 aromatic heterocycles. The minimum atomic E-state index is -0.697. The van der Waals surface area contributed by atoms with Crippen molar-refractivity contribution in [2.75, 3.05) is 0 Å². The van der Waals surface area contributed by atoms with Crippen LogP contribution >= 0.6 is 0 Å². The normalized spacial score (nSPS) is 12.1. The van der Waals surface area contributed by atoms with Gasteiger partial charge in [0.25, 0.3) is 11.5 Å². The summed E-state index contributed by atoms with van der Waals surface area (Å²) in [5, 5.41) is 0.928. The third-order valence-corrected chi connectivity index (χ3v) is 4.20. The largest absolute Gasteiger partial charge is 0.296 e. The molecule has 1 unspecified atom stereocenters. The minimum absolute atomic E-state index is 0.235. The molecule has 1 heterocycles. The van der Waals surface area contributed by atoms with Gasteiger partial charge in [-0.05, 0) is 37.1 Å². The van der Waals surface area contributed by atoms with Gasteiger partial charge in [-0.2, -0.15) is 0 Å². The smallest absolute Gasteiger partial charge is 0.256 e. The Kier molecular flexibility index (Phi) is 4.18. The van der Waals surface area contributed by atoms with Gasteiger partial charge < -0.3 is 0 Å². The minimum Gasteiger partial charge on any atom is -0.296 e. The Morgan fingerprint density at radius 1 is 1.12 bits per heavy atom. The first-order valence-corrected chi connectivity index (χ1v) is 7.74. The van der Waals surface area contributed by atoms with E-state index in [1.165, 1.54) is 4.57 Å². The molecule has 0 aliphatic carbocycles. The Morgan fingerprint density at radius 2 is 1.83 bits per heavy atom. The van der Waals surface area contributed by atoms with E-state index in [1.54, 1.807) is 13.0 Å². The molecule has 1 amide bonds. The van der Waals surface area contributed by atoms with E-state index in [4.69, 9.17) is 5.84 Å². The van der Waals surface area contributed by atoms with E-state index in [0.717, 1.165) is 22.1 Å². The van der Waals surface area contributed by atoms with Crippen molar-refractivity contribution in [2.45, 2.75) is 19.9 Å². The van der Waals surface area contributed by atoms with Crippen LogP contribution in [-0.2, 0) is 4.79 Å². The predicted molar refractivity (Wildman–Crippen MR) is 95.4 cm³/mol. The first-order valence-electron chi connectivity index (χ1n) is 7.74. The molecule has 5 heteroatoms. The molecule has 2 aromatic carbocycles. The maximum Gasteiger partial charge on any atom is 0.256 e. The molecule has 24 heavy (non-hydrogen) atoms. The summed E-state index contributed by atoms with van der Waals surface area (Å²) in [6.07, 6.45) is 0. The van der Waals surface area contributed by atoms with Gasteiger partial charge in [0, 0.05) is 11.5 Å². The van der Waals surface area contributed by atoms with E-state index in [2.05, 4.69) is 5.43 Å². The molecule has 3 rings (SSSR count). The first-order chi connectivity index (χ1) is 11.5. The van der Waals surface area contributed by atoms with Gasteiger partial charge in [0.15, 0.2) is 0 Å². The number of hydrogen-bond acceptors (Lipinski definition) is 3. The van der Waals surface area contributed by atoms with Crippen LogP contribution < -0.4 is 16.8 Å². The number of nitrogens with two attached hydrogens (primary N) is 1. The van der Waals surface area contributed by atoms with Crippen LogP contribution in [0, 0.1) is 6.92 Å². The van der Waals surface area contributed by atoms with Crippen LogP contribution in [0.25, 0.3) is 22.0 Å². The fourth-order valence-electron chi connectivity index (χ4n) is 2.96. The van der Waals surface area contributed by atoms with Crippen LogP contribution in [-0.4, -0.2) is 10.5 Å². The van der Waals surface area contributed by atoms with Crippen molar-refractivity contribution in [1.82, 2.24) is 9.99 Å². The first kappa shape index (κ1) is 16.0. The van der Waals surface area contributed by atoms with E-state index >= 15 is 0 Å². The van der Waals surface area contributed by atoms with E-state index in [0.29, 0.717) is 5.52 Å². The van der Waals surface area contributed by atoms with Gasteiger partial charge in [0.2, 0.25) is 0 Å². The Morgan fingerprint density at radius 3 is 2.50 bits per heavy atom. The molecule has 0 bridgehead atoms. The maximum absolute atomic E-state index is 12.7. The molecule has 122 valence electrons. The molecule has 0 aliphatic heterocycles. The second kappa shape index (κ2) is 6.29. The number of rotatable bonds is 3. The van der Waals surface area contributed by atoms with Crippen LogP contribution in [0.5, 0.6) is 0 Å². The van der Waals surface area contributed by atoms with Gasteiger partial charge in [0.1, 0.15) is 6.04 Å². The summed E-state index contributed by atoms with van der Waals surface area (Å²) >= 11 is 0. The average Bonchev–Trinajstić information content (AvgIpc) is 2.60. The maximum atomic E-state index is 12.7. The number of carbonyl (C=O) groups excluding carboxylic acids is 1. The van der Waals surface area contributed by atoms with Crippen molar-refractivity contribution in [1.29, 1.82) is 0 Å². The van der Waals surface area contributed by atoms with Gasteiger partial charge in [-0.3, -0.25) is 19.6 Å². The lowest BCUT2D eigenvalue weighted by Gasteiger charge is -2.19. The Hall–Kier alpha value is -2.92. The zero-order valence-electron chi connectivity index (χ0n) is 13.6. The number of hydrazine groups is 1. The number of benzene rings is 2. The molecular weight excluding hydrogens is 302 g/mol. The van der Waals surface area contributed by atoms with Crippen molar-refractivity contribution >= 4 is 16.8 Å². The highest BCUT2D eigenvalue weighted by molar-refractivity contribution is 5.96. The molecule has 0 aliphatic rings. The van der Waals surface area contributed by atoms with Crippen LogP contribution in [0.2, 0.25) is 0 Å². The Balaban J connectivity index is 2.37. The number of pyridine rings is 1. The number of carbonyl (C=O) groups is 1. The number of hydrogen-bond donors (Lipinski definition) is 2. The predicted octanol–water partition coefficient (Wildman–Crippen LogP) is 2.53. The molecule has 5 nitrogen and oxygen atoms in total. The summed E-state index contributed by atoms with van der Waals surface area (Å²) in [6.45, 7) is 3.66. The number of nitrogens with one attached hydrogen (secondary N) is 1. The molecule has 0 saturated carbocycles. The molecule has 0 spiro atoms. The fourth-order valence-corrected chi connectivity index (χ4v) is 2.96. The summed E-state index contributed by atoms with van der Waals surface area (Å²) in [5.74, 6) is 4.82. The van der Waals surface area contributed by atoms with Crippen molar-refractivity contribution < 1.29 is 4.79 Å². The number of fused-ring (bicyclic) bond motifs is 1. The van der Waals surface area contributed by atoms with Crippen molar-refractivity contribution in [3.8, 4) is 11.1 Å². The van der Waals surface area contributed by atoms with Gasteiger partial charge in [-0.25, -0.2) is 5.84 Å². The van der Waals surface area contributed by atoms with E-state index < -0.39 is 11.9 Å². The highest BCUT2D eigenvalue weighted by Crippen LogP contribution is 2.29. The van der Waals surface area contributed by atoms with Gasteiger partial charge in [0.05, 0.1) is 5.52 Å². The van der Waals surface area contributed by atoms with Gasteiger partial charge in [-0.15, -0.1) is 0 Å². The molecule has 1 atom stereocenters. The number of aryl methyl sites for hydroxylation is 1. The van der Waals surface area contributed by atoms with Gasteiger partial charge >= 0.3 is 0 Å². The molecule has 3 aromatic rings. The van der Waals surface area contributed by atoms with Gasteiger partial charge in [-0.1, -0.05) is 42.0 Å². The van der Waals surface area contributed by atoms with E-state index in [9.17, 15) is 9.59 Å². The second-order valence-electron chi connectivity index (χ2n) is 5.84. The van der Waals surface area contributed by atoms with Crippen LogP contribution in [0.1, 0.15) is 18.5 Å². The van der Waals surface area contributed by atoms with Crippen LogP contribution in [0.3, 0.4) is 0 Å². The quantitative estimate of drug-likeness (QED) is 0.442. The van der Waals surface area contributed by atoms with E-state index in [-0.39, 0.29) is 5.56 Å². The summed E-state index contributed by atoms with van der Waals surface area (Å²) in [5.41, 5.74) is 5.50. The number of amides is 1. The fraction of sp³-hybridized carbons (Fsp3) is 0.158. The van der Waals surface area contributed by atoms with Crippen LogP contribution in [0.15, 0.2) is 59.4 Å². The third-order valence-electron chi connectivity index (χ3n) is 4.20. The zero-order valence-corrected chi connectivity index (χ0v) is 13.6. The summed E-state index contributed by atoms with van der Waals surface area (Å²) in [4.78, 5) is 24.7. The Labute approximate surface area is 139 Å². The lowest BCUT2D eigenvalue weighted by Crippen LogP contribution is -2.39. The van der Waals surface area contributed by atoms with Crippen molar-refractivity contribution in [3.05, 3.63) is 70.5 Å². The third kappa shape index (κ3) is 2.70. The zero-order chi connectivity index (χ0) is 17.3. The molecule has 0 saturated heterocycles. The standard InChI is InChI=1S/C19H19N3O2/c1-12-8-9-17-16(10-12)15(14-6-4-3-5-7-14)11-18(23)22(17)13(2)19(24)21-20/h3-11,13H,20H2,1-2H3,(H,21,24). The average molecular weight is 321 g/mol. The van der Waals surface area contributed by atoms with E-state index in [1.807, 2.05) is 55.5 Å². The second-order valence-corrected chi connectivity index (χ2v) is 5.84. The SMILES string of the molecule is Cc1ccc2c(c1)c(-c1ccccc1)cc(=O)n2C(C)C(=O)NN. The molecule has 0 fully saturated rings. The summed E-state index contributed by atoms with van der Waals surface area (Å²) in [7, 11) is 0. The summed E-state index contributed by atoms with van der Waals surface area (Å²) < 4.78 is 1.48. The Bertz CT molecular complexity index is 962. The monoisotopic (exact) mass is 321 g/mol. The molecule has 0 radical (unpaired) electrons. The number of aromatic nitrogens is 1.